The molecule has 0 radical (unpaired) electrons. The zero-order valence-corrected chi connectivity index (χ0v) is 13.5. The van der Waals surface area contributed by atoms with Crippen molar-refractivity contribution in [3.63, 3.8) is 0 Å². The highest BCUT2D eigenvalue weighted by atomic mass is 32.1. The Labute approximate surface area is 138 Å². The van der Waals surface area contributed by atoms with Gasteiger partial charge in [0.05, 0.1) is 12.7 Å². The van der Waals surface area contributed by atoms with E-state index in [1.54, 1.807) is 5.51 Å². The summed E-state index contributed by atoms with van der Waals surface area (Å²) in [6, 6.07) is 10.1. The van der Waals surface area contributed by atoms with Crippen molar-refractivity contribution in [2.45, 2.75) is 12.6 Å². The van der Waals surface area contributed by atoms with E-state index in [0.717, 1.165) is 19.6 Å². The van der Waals surface area contributed by atoms with Crippen LogP contribution in [0.4, 0.5) is 9.93 Å². The second-order valence-electron chi connectivity index (χ2n) is 5.29. The fourth-order valence-corrected chi connectivity index (χ4v) is 2.90. The molecule has 1 atom stereocenters. The van der Waals surface area contributed by atoms with E-state index in [0.29, 0.717) is 18.3 Å². The molecule has 1 unspecified atom stereocenters. The topological polar surface area (TPSA) is 79.4 Å². The average molecular weight is 333 g/mol. The van der Waals surface area contributed by atoms with E-state index in [9.17, 15) is 4.79 Å². The first kappa shape index (κ1) is 15.9. The van der Waals surface area contributed by atoms with Gasteiger partial charge >= 0.3 is 6.03 Å². The minimum atomic E-state index is -0.287. The van der Waals surface area contributed by atoms with Gasteiger partial charge in [0, 0.05) is 26.2 Å². The molecule has 7 nitrogen and oxygen atoms in total. The highest BCUT2D eigenvalue weighted by molar-refractivity contribution is 7.13. The zero-order chi connectivity index (χ0) is 15.9. The number of aromatic nitrogens is 2. The molecule has 1 aliphatic rings. The lowest BCUT2D eigenvalue weighted by atomic mass is 10.2. The number of amides is 2. The van der Waals surface area contributed by atoms with Crippen molar-refractivity contribution < 1.29 is 9.53 Å². The van der Waals surface area contributed by atoms with Crippen molar-refractivity contribution in [1.82, 2.24) is 20.4 Å². The smallest absolute Gasteiger partial charge is 0.321 e. The summed E-state index contributed by atoms with van der Waals surface area (Å²) in [6.07, 6.45) is -0.00682. The third-order valence-corrected chi connectivity index (χ3v) is 4.15. The third kappa shape index (κ3) is 4.98. The zero-order valence-electron chi connectivity index (χ0n) is 12.6. The summed E-state index contributed by atoms with van der Waals surface area (Å²) in [4.78, 5) is 14.1. The van der Waals surface area contributed by atoms with Crippen molar-refractivity contribution in [3.8, 4) is 0 Å². The van der Waals surface area contributed by atoms with Gasteiger partial charge in [0.2, 0.25) is 5.13 Å². The molecule has 1 aromatic heterocycles. The Morgan fingerprint density at radius 2 is 2.26 bits per heavy atom. The fourth-order valence-electron chi connectivity index (χ4n) is 2.46. The molecule has 0 bridgehead atoms. The van der Waals surface area contributed by atoms with Crippen LogP contribution in [0.2, 0.25) is 0 Å². The lowest BCUT2D eigenvalue weighted by molar-refractivity contribution is -0.0285. The molecule has 0 spiro atoms. The minimum Gasteiger partial charge on any atom is -0.374 e. The van der Waals surface area contributed by atoms with E-state index in [2.05, 4.69) is 37.9 Å². The summed E-state index contributed by atoms with van der Waals surface area (Å²) < 4.78 is 5.72. The average Bonchev–Trinajstić information content (AvgIpc) is 3.07. The molecule has 1 fully saturated rings. The molecule has 3 rings (SSSR count). The van der Waals surface area contributed by atoms with Crippen molar-refractivity contribution in [1.29, 1.82) is 0 Å². The van der Waals surface area contributed by atoms with Crippen LogP contribution in [0.25, 0.3) is 0 Å². The van der Waals surface area contributed by atoms with Crippen LogP contribution in [0, 0.1) is 0 Å². The standard InChI is InChI=1S/C15H19N5O2S/c21-14(18-15-19-17-11-23-15)16-8-13-10-20(6-7-22-13)9-12-4-2-1-3-5-12/h1-5,11,13H,6-10H2,(H2,16,18,19,21). The van der Waals surface area contributed by atoms with Crippen molar-refractivity contribution in [2.75, 3.05) is 31.6 Å². The van der Waals surface area contributed by atoms with E-state index in [1.165, 1.54) is 16.9 Å². The van der Waals surface area contributed by atoms with Crippen molar-refractivity contribution >= 4 is 22.5 Å². The van der Waals surface area contributed by atoms with Crippen LogP contribution in [0.1, 0.15) is 5.56 Å². The lowest BCUT2D eigenvalue weighted by Gasteiger charge is -2.33. The highest BCUT2D eigenvalue weighted by Crippen LogP contribution is 2.10. The summed E-state index contributed by atoms with van der Waals surface area (Å²) in [5.41, 5.74) is 2.86. The third-order valence-electron chi connectivity index (χ3n) is 3.54. The van der Waals surface area contributed by atoms with Gasteiger partial charge in [0.25, 0.3) is 0 Å². The number of nitrogens with zero attached hydrogens (tertiary/aromatic N) is 3. The van der Waals surface area contributed by atoms with Gasteiger partial charge in [-0.2, -0.15) is 0 Å². The van der Waals surface area contributed by atoms with Gasteiger partial charge in [-0.1, -0.05) is 41.7 Å². The van der Waals surface area contributed by atoms with Gasteiger partial charge in [0.15, 0.2) is 0 Å². The van der Waals surface area contributed by atoms with E-state index >= 15 is 0 Å². The van der Waals surface area contributed by atoms with Crippen LogP contribution < -0.4 is 10.6 Å². The predicted molar refractivity (Wildman–Crippen MR) is 88.4 cm³/mol. The maximum absolute atomic E-state index is 11.8. The SMILES string of the molecule is O=C(NCC1CN(Cc2ccccc2)CCO1)Nc1nncs1. The molecular weight excluding hydrogens is 314 g/mol. The number of hydrogen-bond acceptors (Lipinski definition) is 6. The first-order valence-corrected chi connectivity index (χ1v) is 8.36. The number of morpholine rings is 1. The van der Waals surface area contributed by atoms with Gasteiger partial charge in [-0.3, -0.25) is 10.2 Å². The Morgan fingerprint density at radius 1 is 1.39 bits per heavy atom. The molecule has 2 heterocycles. The predicted octanol–water partition coefficient (Wildman–Crippen LogP) is 1.56. The number of carbonyl (C=O) groups excluding carboxylic acids is 1. The lowest BCUT2D eigenvalue weighted by Crippen LogP contribution is -2.47. The fraction of sp³-hybridized carbons (Fsp3) is 0.400. The van der Waals surface area contributed by atoms with E-state index < -0.39 is 0 Å². The van der Waals surface area contributed by atoms with Gasteiger partial charge in [-0.25, -0.2) is 4.79 Å². The monoisotopic (exact) mass is 333 g/mol. The van der Waals surface area contributed by atoms with Crippen LogP contribution in [-0.4, -0.2) is 53.5 Å². The van der Waals surface area contributed by atoms with Crippen LogP contribution in [-0.2, 0) is 11.3 Å². The Bertz CT molecular complexity index is 608. The maximum atomic E-state index is 11.8. The second kappa shape index (κ2) is 8.00. The Balaban J connectivity index is 1.42. The first-order chi connectivity index (χ1) is 11.3. The molecule has 1 aliphatic heterocycles. The van der Waals surface area contributed by atoms with E-state index in [1.807, 2.05) is 18.2 Å². The summed E-state index contributed by atoms with van der Waals surface area (Å²) in [7, 11) is 0. The molecule has 1 aromatic carbocycles. The molecule has 2 N–H and O–H groups in total. The largest absolute Gasteiger partial charge is 0.374 e. The molecule has 23 heavy (non-hydrogen) atoms. The maximum Gasteiger partial charge on any atom is 0.321 e. The summed E-state index contributed by atoms with van der Waals surface area (Å²) in [5, 5.41) is 13.4. The first-order valence-electron chi connectivity index (χ1n) is 7.48. The molecule has 8 heteroatoms. The van der Waals surface area contributed by atoms with Gasteiger partial charge in [-0.05, 0) is 5.56 Å². The quantitative estimate of drug-likeness (QED) is 0.868. The van der Waals surface area contributed by atoms with Crippen molar-refractivity contribution in [2.24, 2.45) is 0 Å². The van der Waals surface area contributed by atoms with Crippen LogP contribution in [0.3, 0.4) is 0 Å². The second-order valence-corrected chi connectivity index (χ2v) is 6.13. The number of rotatable bonds is 5. The number of hydrogen-bond donors (Lipinski definition) is 2. The van der Waals surface area contributed by atoms with Gasteiger partial charge < -0.3 is 10.1 Å². The summed E-state index contributed by atoms with van der Waals surface area (Å²) in [6.45, 7) is 3.75. The highest BCUT2D eigenvalue weighted by Gasteiger charge is 2.21. The Kier molecular flexibility index (Phi) is 5.51. The summed E-state index contributed by atoms with van der Waals surface area (Å²) in [5.74, 6) is 0. The van der Waals surface area contributed by atoms with Crippen LogP contribution in [0.15, 0.2) is 35.8 Å². The minimum absolute atomic E-state index is 0.00682. The molecule has 0 saturated carbocycles. The number of urea groups is 1. The molecule has 2 amide bonds. The van der Waals surface area contributed by atoms with Gasteiger partial charge in [0.1, 0.15) is 5.51 Å². The molecular formula is C15H19N5O2S. The molecule has 2 aromatic rings. The number of benzene rings is 1. The van der Waals surface area contributed by atoms with E-state index in [-0.39, 0.29) is 12.1 Å². The Morgan fingerprint density at radius 3 is 3.04 bits per heavy atom. The number of anilines is 1. The normalized spacial score (nSPS) is 18.5. The van der Waals surface area contributed by atoms with Crippen molar-refractivity contribution in [3.05, 3.63) is 41.4 Å². The Hall–Kier alpha value is -2.03. The molecule has 0 aliphatic carbocycles. The van der Waals surface area contributed by atoms with Crippen LogP contribution in [0.5, 0.6) is 0 Å². The van der Waals surface area contributed by atoms with Gasteiger partial charge in [-0.15, -0.1) is 10.2 Å². The molecule has 1 saturated heterocycles. The van der Waals surface area contributed by atoms with Crippen LogP contribution >= 0.6 is 11.3 Å². The number of nitrogens with one attached hydrogen (secondary N) is 2. The van der Waals surface area contributed by atoms with E-state index in [4.69, 9.17) is 4.74 Å². The number of ether oxygens (including phenoxy) is 1. The summed E-state index contributed by atoms with van der Waals surface area (Å²) >= 11 is 1.28. The number of carbonyl (C=O) groups is 1. The molecule has 122 valence electrons.